The third kappa shape index (κ3) is 8.31. The molecule has 6 nitrogen and oxygen atoms in total. The summed E-state index contributed by atoms with van der Waals surface area (Å²) in [5.41, 5.74) is 0. The van der Waals surface area contributed by atoms with Crippen LogP contribution in [0.3, 0.4) is 0 Å². The van der Waals surface area contributed by atoms with Crippen molar-refractivity contribution in [2.45, 2.75) is 18.9 Å². The van der Waals surface area contributed by atoms with E-state index in [0.717, 1.165) is 51.7 Å². The second-order valence-corrected chi connectivity index (χ2v) is 7.67. The first kappa shape index (κ1) is 20.0. The van der Waals surface area contributed by atoms with Crippen LogP contribution in [-0.4, -0.2) is 82.1 Å². The molecule has 0 saturated heterocycles. The molecule has 0 aliphatic rings. The van der Waals surface area contributed by atoms with Gasteiger partial charge in [-0.25, -0.2) is 0 Å². The molecule has 0 aliphatic heterocycles. The lowest BCUT2D eigenvalue weighted by Gasteiger charge is -2.26. The van der Waals surface area contributed by atoms with Crippen LogP contribution < -0.4 is 0 Å². The van der Waals surface area contributed by atoms with Crippen LogP contribution in [0, 0.1) is 0 Å². The van der Waals surface area contributed by atoms with E-state index < -0.39 is 8.80 Å². The quantitative estimate of drug-likeness (QED) is 0.355. The fourth-order valence-corrected chi connectivity index (χ4v) is 3.77. The molecule has 0 bridgehead atoms. The lowest BCUT2D eigenvalue weighted by molar-refractivity contribution is 0.116. The summed E-state index contributed by atoms with van der Waals surface area (Å²) in [5.74, 6) is 0. The van der Waals surface area contributed by atoms with Crippen molar-refractivity contribution >= 4 is 8.80 Å². The van der Waals surface area contributed by atoms with Gasteiger partial charge in [-0.2, -0.15) is 0 Å². The van der Waals surface area contributed by atoms with E-state index in [1.807, 2.05) is 0 Å². The summed E-state index contributed by atoms with van der Waals surface area (Å²) in [4.78, 5) is 2.38. The Morgan fingerprint density at radius 1 is 0.700 bits per heavy atom. The van der Waals surface area contributed by atoms with Gasteiger partial charge in [0.25, 0.3) is 0 Å². The topological polar surface area (TPSA) is 49.4 Å². The van der Waals surface area contributed by atoms with Gasteiger partial charge < -0.3 is 27.7 Å². The number of methoxy groups -OCH3 is 2. The number of rotatable bonds is 14. The zero-order valence-corrected chi connectivity index (χ0v) is 14.6. The predicted molar refractivity (Wildman–Crippen MR) is 81.0 cm³/mol. The van der Waals surface area contributed by atoms with Crippen molar-refractivity contribution in [1.29, 1.82) is 0 Å². The molecule has 0 atom stereocenters. The number of hydrogen-bond acceptors (Lipinski definition) is 6. The molecular formula is C13H31NO5Si. The normalized spacial score (nSPS) is 12.3. The maximum Gasteiger partial charge on any atom is 0.500 e. The smallest absolute Gasteiger partial charge is 0.385 e. The molecule has 0 aromatic carbocycles. The van der Waals surface area contributed by atoms with E-state index in [2.05, 4.69) is 4.90 Å². The van der Waals surface area contributed by atoms with Crippen molar-refractivity contribution in [2.75, 3.05) is 68.4 Å². The van der Waals surface area contributed by atoms with E-state index in [-0.39, 0.29) is 0 Å². The van der Waals surface area contributed by atoms with Gasteiger partial charge in [0.15, 0.2) is 0 Å². The maximum absolute atomic E-state index is 5.43. The van der Waals surface area contributed by atoms with E-state index in [9.17, 15) is 0 Å². The highest BCUT2D eigenvalue weighted by Crippen LogP contribution is 2.15. The fourth-order valence-electron chi connectivity index (χ4n) is 2.06. The monoisotopic (exact) mass is 309 g/mol. The van der Waals surface area contributed by atoms with Crippen LogP contribution in [0.4, 0.5) is 0 Å². The summed E-state index contributed by atoms with van der Waals surface area (Å²) in [6.07, 6.45) is 2.01. The van der Waals surface area contributed by atoms with Crippen molar-refractivity contribution in [3.05, 3.63) is 0 Å². The predicted octanol–water partition coefficient (Wildman–Crippen LogP) is 1.24. The minimum Gasteiger partial charge on any atom is -0.385 e. The molecule has 122 valence electrons. The standard InChI is InChI=1S/C13H31NO5Si/c1-15-11-6-8-14(10-12-16-2)9-7-13-20(17-3,18-4)19-5/h6-13H2,1-5H3. The summed E-state index contributed by atoms with van der Waals surface area (Å²) < 4.78 is 26.5. The molecule has 20 heavy (non-hydrogen) atoms. The molecular weight excluding hydrogens is 278 g/mol. The van der Waals surface area contributed by atoms with Crippen LogP contribution in [0.2, 0.25) is 6.04 Å². The van der Waals surface area contributed by atoms with E-state index in [1.54, 1.807) is 35.5 Å². The van der Waals surface area contributed by atoms with Crippen molar-refractivity contribution in [2.24, 2.45) is 0 Å². The van der Waals surface area contributed by atoms with Gasteiger partial charge in [-0.15, -0.1) is 0 Å². The first-order chi connectivity index (χ1) is 9.67. The minimum absolute atomic E-state index is 0.744. The van der Waals surface area contributed by atoms with Gasteiger partial charge in [-0.3, -0.25) is 0 Å². The van der Waals surface area contributed by atoms with Crippen molar-refractivity contribution in [3.8, 4) is 0 Å². The van der Waals surface area contributed by atoms with Gasteiger partial charge in [0, 0.05) is 61.3 Å². The second kappa shape index (κ2) is 12.7. The molecule has 0 N–H and O–H groups in total. The molecule has 0 rings (SSSR count). The van der Waals surface area contributed by atoms with Crippen LogP contribution in [0.25, 0.3) is 0 Å². The van der Waals surface area contributed by atoms with Crippen molar-refractivity contribution < 1.29 is 22.8 Å². The molecule has 0 unspecified atom stereocenters. The van der Waals surface area contributed by atoms with Crippen molar-refractivity contribution in [1.82, 2.24) is 4.90 Å². The summed E-state index contributed by atoms with van der Waals surface area (Å²) in [6, 6.07) is 0.824. The zero-order chi connectivity index (χ0) is 15.3. The molecule has 0 radical (unpaired) electrons. The molecule has 0 heterocycles. The highest BCUT2D eigenvalue weighted by Gasteiger charge is 2.36. The Labute approximate surface area is 124 Å². The first-order valence-electron chi connectivity index (χ1n) is 7.03. The summed E-state index contributed by atoms with van der Waals surface area (Å²) in [5, 5.41) is 0. The third-order valence-corrected chi connectivity index (χ3v) is 6.16. The average molecular weight is 309 g/mol. The lowest BCUT2D eigenvalue weighted by atomic mass is 10.3. The van der Waals surface area contributed by atoms with Gasteiger partial charge in [0.1, 0.15) is 0 Å². The van der Waals surface area contributed by atoms with Crippen molar-refractivity contribution in [3.63, 3.8) is 0 Å². The third-order valence-electron chi connectivity index (χ3n) is 3.32. The first-order valence-corrected chi connectivity index (χ1v) is 8.97. The molecule has 0 aromatic rings. The number of nitrogens with zero attached hydrogens (tertiary/aromatic N) is 1. The average Bonchev–Trinajstić information content (AvgIpc) is 2.49. The van der Waals surface area contributed by atoms with E-state index in [0.29, 0.717) is 0 Å². The fraction of sp³-hybridized carbons (Fsp3) is 1.00. The molecule has 7 heteroatoms. The SMILES string of the molecule is COCCCN(CCC[Si](OC)(OC)OC)CCOC. The minimum atomic E-state index is -2.44. The molecule has 0 saturated carbocycles. The summed E-state index contributed by atoms with van der Waals surface area (Å²) >= 11 is 0. The Bertz CT molecular complexity index is 209. The van der Waals surface area contributed by atoms with Crippen LogP contribution >= 0.6 is 0 Å². The number of hydrogen-bond donors (Lipinski definition) is 0. The largest absolute Gasteiger partial charge is 0.500 e. The maximum atomic E-state index is 5.43. The Kier molecular flexibility index (Phi) is 12.7. The molecule has 0 fully saturated rings. The van der Waals surface area contributed by atoms with Crippen LogP contribution in [0.1, 0.15) is 12.8 Å². The second-order valence-electron chi connectivity index (χ2n) is 4.58. The lowest BCUT2D eigenvalue weighted by Crippen LogP contribution is -2.43. The van der Waals surface area contributed by atoms with Gasteiger partial charge in [-0.1, -0.05) is 0 Å². The van der Waals surface area contributed by atoms with Gasteiger partial charge >= 0.3 is 8.80 Å². The molecule has 0 aromatic heterocycles. The summed E-state index contributed by atoms with van der Waals surface area (Å²) in [7, 11) is 5.98. The molecule has 0 aliphatic carbocycles. The Balaban J connectivity index is 4.09. The van der Waals surface area contributed by atoms with Gasteiger partial charge in [0.05, 0.1) is 6.61 Å². The van der Waals surface area contributed by atoms with E-state index in [4.69, 9.17) is 22.8 Å². The van der Waals surface area contributed by atoms with Gasteiger partial charge in [0.2, 0.25) is 0 Å². The Morgan fingerprint density at radius 2 is 1.25 bits per heavy atom. The van der Waals surface area contributed by atoms with Crippen LogP contribution in [-0.2, 0) is 22.8 Å². The zero-order valence-electron chi connectivity index (χ0n) is 13.6. The number of ether oxygens (including phenoxy) is 2. The van der Waals surface area contributed by atoms with Gasteiger partial charge in [-0.05, 0) is 19.4 Å². The van der Waals surface area contributed by atoms with Crippen LogP contribution in [0.15, 0.2) is 0 Å². The molecule has 0 spiro atoms. The van der Waals surface area contributed by atoms with E-state index in [1.165, 1.54) is 0 Å². The Morgan fingerprint density at radius 3 is 1.75 bits per heavy atom. The highest BCUT2D eigenvalue weighted by molar-refractivity contribution is 6.60. The van der Waals surface area contributed by atoms with Crippen LogP contribution in [0.5, 0.6) is 0 Å². The molecule has 0 amide bonds. The summed E-state index contributed by atoms with van der Waals surface area (Å²) in [6.45, 7) is 4.46. The highest BCUT2D eigenvalue weighted by atomic mass is 28.4. The van der Waals surface area contributed by atoms with E-state index >= 15 is 0 Å². The Hall–Kier alpha value is -0.0231.